The number of aryl methyl sites for hydroxylation is 1. The lowest BCUT2D eigenvalue weighted by atomic mass is 10.1. The van der Waals surface area contributed by atoms with E-state index in [4.69, 9.17) is 17.3 Å². The van der Waals surface area contributed by atoms with Crippen LogP contribution < -0.4 is 10.6 Å². The van der Waals surface area contributed by atoms with E-state index < -0.39 is 5.97 Å². The van der Waals surface area contributed by atoms with Crippen molar-refractivity contribution in [2.75, 3.05) is 5.32 Å². The number of carboxylic acids is 1. The van der Waals surface area contributed by atoms with Crippen molar-refractivity contribution in [2.45, 2.75) is 6.92 Å². The first kappa shape index (κ1) is 15.7. The number of nitrogens with one attached hydrogen (secondary N) is 2. The van der Waals surface area contributed by atoms with E-state index in [2.05, 4.69) is 10.6 Å². The van der Waals surface area contributed by atoms with Gasteiger partial charge in [-0.1, -0.05) is 24.3 Å². The highest BCUT2D eigenvalue weighted by molar-refractivity contribution is 7.80. The Morgan fingerprint density at radius 3 is 2.36 bits per heavy atom. The summed E-state index contributed by atoms with van der Waals surface area (Å²) in [6.07, 6.45) is 0. The molecule has 0 saturated heterocycles. The maximum atomic E-state index is 12.0. The first-order valence-corrected chi connectivity index (χ1v) is 6.89. The number of benzene rings is 2. The molecule has 2 aromatic carbocycles. The average Bonchev–Trinajstić information content (AvgIpc) is 2.50. The molecule has 22 heavy (non-hydrogen) atoms. The molecule has 0 aliphatic carbocycles. The molecule has 2 rings (SSSR count). The first-order chi connectivity index (χ1) is 10.5. The Kier molecular flexibility index (Phi) is 4.85. The topological polar surface area (TPSA) is 78.4 Å². The highest BCUT2D eigenvalue weighted by Gasteiger charge is 2.10. The van der Waals surface area contributed by atoms with Gasteiger partial charge in [0.2, 0.25) is 0 Å². The summed E-state index contributed by atoms with van der Waals surface area (Å²) in [4.78, 5) is 23.0. The Labute approximate surface area is 133 Å². The van der Waals surface area contributed by atoms with E-state index in [1.54, 1.807) is 30.3 Å². The Hall–Kier alpha value is -2.73. The van der Waals surface area contributed by atoms with Crippen molar-refractivity contribution >= 4 is 34.9 Å². The SMILES string of the molecule is Cc1ccc(C(=O)O)cc1NC(=S)NC(=O)c1ccccc1. The number of thiocarbonyl (C=S) groups is 1. The monoisotopic (exact) mass is 314 g/mol. The molecule has 0 aromatic heterocycles. The van der Waals surface area contributed by atoms with Crippen LogP contribution in [0, 0.1) is 6.92 Å². The van der Waals surface area contributed by atoms with Gasteiger partial charge in [0, 0.05) is 11.3 Å². The highest BCUT2D eigenvalue weighted by Crippen LogP contribution is 2.17. The minimum Gasteiger partial charge on any atom is -0.478 e. The zero-order valence-electron chi connectivity index (χ0n) is 11.8. The quantitative estimate of drug-likeness (QED) is 0.759. The summed E-state index contributed by atoms with van der Waals surface area (Å²) < 4.78 is 0. The number of hydrogen-bond acceptors (Lipinski definition) is 3. The summed E-state index contributed by atoms with van der Waals surface area (Å²) in [6.45, 7) is 1.82. The Bertz CT molecular complexity index is 729. The average molecular weight is 314 g/mol. The zero-order chi connectivity index (χ0) is 16.1. The maximum Gasteiger partial charge on any atom is 0.335 e. The van der Waals surface area contributed by atoms with E-state index in [1.165, 1.54) is 12.1 Å². The normalized spacial score (nSPS) is 9.86. The zero-order valence-corrected chi connectivity index (χ0v) is 12.6. The number of hydrogen-bond donors (Lipinski definition) is 3. The number of carboxylic acid groups (broad SMARTS) is 1. The van der Waals surface area contributed by atoms with Gasteiger partial charge in [-0.25, -0.2) is 4.79 Å². The van der Waals surface area contributed by atoms with Gasteiger partial charge in [-0.15, -0.1) is 0 Å². The van der Waals surface area contributed by atoms with E-state index in [0.717, 1.165) is 5.56 Å². The summed E-state index contributed by atoms with van der Waals surface area (Å²) >= 11 is 5.09. The maximum absolute atomic E-state index is 12.0. The molecule has 0 atom stereocenters. The van der Waals surface area contributed by atoms with E-state index >= 15 is 0 Å². The Morgan fingerprint density at radius 1 is 1.05 bits per heavy atom. The largest absolute Gasteiger partial charge is 0.478 e. The molecule has 112 valence electrons. The third kappa shape index (κ3) is 3.89. The van der Waals surface area contributed by atoms with Crippen molar-refractivity contribution in [1.29, 1.82) is 0 Å². The van der Waals surface area contributed by atoms with Gasteiger partial charge in [-0.05, 0) is 49.0 Å². The molecular weight excluding hydrogens is 300 g/mol. The van der Waals surface area contributed by atoms with Crippen LogP contribution in [-0.4, -0.2) is 22.1 Å². The van der Waals surface area contributed by atoms with E-state index in [9.17, 15) is 9.59 Å². The molecule has 3 N–H and O–H groups in total. The number of rotatable bonds is 3. The molecule has 0 spiro atoms. The molecular formula is C16H14N2O3S. The van der Waals surface area contributed by atoms with Crippen LogP contribution in [0.25, 0.3) is 0 Å². The number of aromatic carboxylic acids is 1. The third-order valence-corrected chi connectivity index (χ3v) is 3.20. The van der Waals surface area contributed by atoms with Crippen LogP contribution in [0.2, 0.25) is 0 Å². The van der Waals surface area contributed by atoms with E-state index in [-0.39, 0.29) is 16.6 Å². The lowest BCUT2D eigenvalue weighted by Crippen LogP contribution is -2.34. The molecule has 0 heterocycles. The van der Waals surface area contributed by atoms with E-state index in [0.29, 0.717) is 11.3 Å². The summed E-state index contributed by atoms with van der Waals surface area (Å²) in [7, 11) is 0. The van der Waals surface area contributed by atoms with E-state index in [1.807, 2.05) is 13.0 Å². The number of carbonyl (C=O) groups is 2. The molecule has 0 unspecified atom stereocenters. The van der Waals surface area contributed by atoms with Crippen LogP contribution in [-0.2, 0) is 0 Å². The van der Waals surface area contributed by atoms with Gasteiger partial charge in [0.05, 0.1) is 5.56 Å². The highest BCUT2D eigenvalue weighted by atomic mass is 32.1. The van der Waals surface area contributed by atoms with Gasteiger partial charge in [0.25, 0.3) is 5.91 Å². The number of carbonyl (C=O) groups excluding carboxylic acids is 1. The molecule has 0 aliphatic heterocycles. The molecule has 0 radical (unpaired) electrons. The predicted molar refractivity (Wildman–Crippen MR) is 88.3 cm³/mol. The van der Waals surface area contributed by atoms with Gasteiger partial charge in [-0.2, -0.15) is 0 Å². The van der Waals surface area contributed by atoms with Gasteiger partial charge in [0.1, 0.15) is 0 Å². The molecule has 0 fully saturated rings. The fourth-order valence-electron chi connectivity index (χ4n) is 1.81. The van der Waals surface area contributed by atoms with Gasteiger partial charge in [-0.3, -0.25) is 10.1 Å². The van der Waals surface area contributed by atoms with Crippen molar-refractivity contribution in [3.63, 3.8) is 0 Å². The second-order valence-electron chi connectivity index (χ2n) is 4.61. The van der Waals surface area contributed by atoms with Gasteiger partial charge < -0.3 is 10.4 Å². The number of anilines is 1. The lowest BCUT2D eigenvalue weighted by Gasteiger charge is -2.12. The van der Waals surface area contributed by atoms with Gasteiger partial charge >= 0.3 is 5.97 Å². The molecule has 2 aromatic rings. The second kappa shape index (κ2) is 6.82. The summed E-state index contributed by atoms with van der Waals surface area (Å²) in [5.41, 5.74) is 1.99. The van der Waals surface area contributed by atoms with Crippen LogP contribution in [0.4, 0.5) is 5.69 Å². The smallest absolute Gasteiger partial charge is 0.335 e. The van der Waals surface area contributed by atoms with Crippen molar-refractivity contribution in [2.24, 2.45) is 0 Å². The molecule has 6 heteroatoms. The fraction of sp³-hybridized carbons (Fsp3) is 0.0625. The molecule has 1 amide bonds. The van der Waals surface area contributed by atoms with Crippen LogP contribution in [0.15, 0.2) is 48.5 Å². The van der Waals surface area contributed by atoms with Crippen LogP contribution in [0.5, 0.6) is 0 Å². The van der Waals surface area contributed by atoms with Crippen molar-refractivity contribution in [3.05, 3.63) is 65.2 Å². The summed E-state index contributed by atoms with van der Waals surface area (Å²) in [5.74, 6) is -1.35. The minimum atomic E-state index is -1.03. The van der Waals surface area contributed by atoms with Crippen molar-refractivity contribution < 1.29 is 14.7 Å². The Morgan fingerprint density at radius 2 is 1.73 bits per heavy atom. The molecule has 5 nitrogen and oxygen atoms in total. The number of amides is 1. The van der Waals surface area contributed by atoms with Crippen molar-refractivity contribution in [3.8, 4) is 0 Å². The Balaban J connectivity index is 2.08. The summed E-state index contributed by atoms with van der Waals surface area (Å²) in [6, 6.07) is 13.3. The van der Waals surface area contributed by atoms with Crippen LogP contribution in [0.3, 0.4) is 0 Å². The fourth-order valence-corrected chi connectivity index (χ4v) is 2.01. The standard InChI is InChI=1S/C16H14N2O3S/c1-10-7-8-12(15(20)21)9-13(10)17-16(22)18-14(19)11-5-3-2-4-6-11/h2-9H,1H3,(H,20,21)(H2,17,18,19,22). The minimum absolute atomic E-state index is 0.111. The van der Waals surface area contributed by atoms with Gasteiger partial charge in [0.15, 0.2) is 5.11 Å². The molecule has 0 aliphatic rings. The molecule has 0 saturated carbocycles. The third-order valence-electron chi connectivity index (χ3n) is 3.00. The first-order valence-electron chi connectivity index (χ1n) is 6.48. The summed E-state index contributed by atoms with van der Waals surface area (Å²) in [5, 5.41) is 14.5. The van der Waals surface area contributed by atoms with Crippen LogP contribution in [0.1, 0.15) is 26.3 Å². The van der Waals surface area contributed by atoms with Crippen LogP contribution >= 0.6 is 12.2 Å². The lowest BCUT2D eigenvalue weighted by molar-refractivity contribution is 0.0696. The second-order valence-corrected chi connectivity index (χ2v) is 5.02. The van der Waals surface area contributed by atoms with Crippen molar-refractivity contribution in [1.82, 2.24) is 5.32 Å². The predicted octanol–water partition coefficient (Wildman–Crippen LogP) is 2.82. The molecule has 0 bridgehead atoms.